The van der Waals surface area contributed by atoms with Gasteiger partial charge in [-0.3, -0.25) is 18.6 Å². The van der Waals surface area contributed by atoms with E-state index in [9.17, 15) is 24.2 Å². The van der Waals surface area contributed by atoms with Gasteiger partial charge in [-0.15, -0.1) is 0 Å². The van der Waals surface area contributed by atoms with Crippen molar-refractivity contribution in [2.75, 3.05) is 26.4 Å². The molecule has 11 nitrogen and oxygen atoms in total. The van der Waals surface area contributed by atoms with Gasteiger partial charge in [0.1, 0.15) is 12.7 Å². The van der Waals surface area contributed by atoms with Gasteiger partial charge in [0.25, 0.3) is 0 Å². The Morgan fingerprint density at radius 3 is 2.00 bits per heavy atom. The third kappa shape index (κ3) is 28.3. The third-order valence-corrected chi connectivity index (χ3v) is 9.72. The zero-order valence-corrected chi connectivity index (χ0v) is 32.4. The molecular weight excluding hydrogens is 663 g/mol. The molecule has 1 aliphatic rings. The average Bonchev–Trinajstić information content (AvgIpc) is 3.84. The molecule has 1 aliphatic heterocycles. The van der Waals surface area contributed by atoms with Crippen LogP contribution in [-0.2, 0) is 37.4 Å². The van der Waals surface area contributed by atoms with Gasteiger partial charge in [0, 0.05) is 12.8 Å². The molecule has 1 heterocycles. The van der Waals surface area contributed by atoms with E-state index in [0.29, 0.717) is 25.0 Å². The Morgan fingerprint density at radius 2 is 1.36 bits per heavy atom. The number of ether oxygens (including phenoxy) is 3. The highest BCUT2D eigenvalue weighted by atomic mass is 31.2. The first-order chi connectivity index (χ1) is 24.1. The molecular formula is C38H71O11P. The fourth-order valence-corrected chi connectivity index (χ4v) is 6.38. The molecule has 0 saturated carbocycles. The Hall–Kier alpha value is -1.33. The summed E-state index contributed by atoms with van der Waals surface area (Å²) >= 11 is 0. The van der Waals surface area contributed by atoms with Crippen LogP contribution >= 0.6 is 7.82 Å². The first kappa shape index (κ1) is 46.7. The first-order valence-corrected chi connectivity index (χ1v) is 21.1. The lowest BCUT2D eigenvalue weighted by Gasteiger charge is -2.20. The lowest BCUT2D eigenvalue weighted by atomic mass is 10.0. The summed E-state index contributed by atoms with van der Waals surface area (Å²) in [5.41, 5.74) is 0. The quantitative estimate of drug-likeness (QED) is 0.0188. The van der Waals surface area contributed by atoms with Crippen molar-refractivity contribution in [2.45, 2.75) is 186 Å². The van der Waals surface area contributed by atoms with Crippen LogP contribution in [0.2, 0.25) is 0 Å². The molecule has 0 aromatic heterocycles. The third-order valence-electron chi connectivity index (χ3n) is 8.77. The van der Waals surface area contributed by atoms with Crippen LogP contribution in [-0.4, -0.2) is 77.9 Å². The molecule has 50 heavy (non-hydrogen) atoms. The van der Waals surface area contributed by atoms with Crippen LogP contribution in [0.3, 0.4) is 0 Å². The zero-order valence-electron chi connectivity index (χ0n) is 31.5. The summed E-state index contributed by atoms with van der Waals surface area (Å²) < 4.78 is 38.3. The van der Waals surface area contributed by atoms with Crippen molar-refractivity contribution in [3.8, 4) is 0 Å². The second-order valence-corrected chi connectivity index (χ2v) is 15.6. The Labute approximate surface area is 302 Å². The van der Waals surface area contributed by atoms with Gasteiger partial charge < -0.3 is 29.3 Å². The maximum Gasteiger partial charge on any atom is 0.472 e. The van der Waals surface area contributed by atoms with E-state index >= 15 is 0 Å². The summed E-state index contributed by atoms with van der Waals surface area (Å²) in [6.45, 7) is 4.59. The first-order valence-electron chi connectivity index (χ1n) is 19.6. The number of hydrogen-bond donors (Lipinski definition) is 3. The maximum atomic E-state index is 12.6. The lowest BCUT2D eigenvalue weighted by molar-refractivity contribution is -0.161. The number of hydrogen-bond acceptors (Lipinski definition) is 10. The smallest absolute Gasteiger partial charge is 0.462 e. The Bertz CT molecular complexity index is 928. The van der Waals surface area contributed by atoms with Gasteiger partial charge in [-0.1, -0.05) is 123 Å². The van der Waals surface area contributed by atoms with E-state index in [1.165, 1.54) is 57.8 Å². The van der Waals surface area contributed by atoms with E-state index in [-0.39, 0.29) is 19.4 Å². The van der Waals surface area contributed by atoms with Gasteiger partial charge in [0.2, 0.25) is 0 Å². The number of unbranched alkanes of at least 4 members (excludes halogenated alkanes) is 14. The number of carbonyl (C=O) groups is 2. The zero-order chi connectivity index (χ0) is 36.9. The van der Waals surface area contributed by atoms with Crippen LogP contribution in [0.5, 0.6) is 0 Å². The van der Waals surface area contributed by atoms with Gasteiger partial charge in [-0.2, -0.15) is 0 Å². The highest BCUT2D eigenvalue weighted by molar-refractivity contribution is 7.47. The molecule has 0 spiro atoms. The molecule has 1 fully saturated rings. The number of aliphatic hydroxyl groups excluding tert-OH is 2. The Balaban J connectivity index is 2.28. The monoisotopic (exact) mass is 734 g/mol. The molecule has 0 bridgehead atoms. The van der Waals surface area contributed by atoms with Gasteiger partial charge >= 0.3 is 19.8 Å². The summed E-state index contributed by atoms with van der Waals surface area (Å²) in [5.74, 6) is -0.185. The summed E-state index contributed by atoms with van der Waals surface area (Å²) in [6.07, 6.45) is 25.1. The van der Waals surface area contributed by atoms with E-state index in [4.69, 9.17) is 23.8 Å². The molecule has 0 aliphatic carbocycles. The van der Waals surface area contributed by atoms with Crippen molar-refractivity contribution < 1.29 is 52.5 Å². The molecule has 1 rings (SSSR count). The van der Waals surface area contributed by atoms with Crippen molar-refractivity contribution in [2.24, 2.45) is 5.92 Å². The molecule has 0 aromatic rings. The summed E-state index contributed by atoms with van der Waals surface area (Å²) in [5, 5.41) is 18.3. The summed E-state index contributed by atoms with van der Waals surface area (Å²) in [6, 6.07) is 0. The summed E-state index contributed by atoms with van der Waals surface area (Å²) in [7, 11) is -4.62. The van der Waals surface area contributed by atoms with Crippen LogP contribution in [0.4, 0.5) is 0 Å². The van der Waals surface area contributed by atoms with Crippen LogP contribution in [0, 0.1) is 5.92 Å². The minimum Gasteiger partial charge on any atom is -0.462 e. The van der Waals surface area contributed by atoms with Crippen molar-refractivity contribution in [3.05, 3.63) is 12.2 Å². The van der Waals surface area contributed by atoms with Crippen LogP contribution in [0.1, 0.15) is 162 Å². The predicted octanol–water partition coefficient (Wildman–Crippen LogP) is 8.51. The van der Waals surface area contributed by atoms with Crippen molar-refractivity contribution in [1.82, 2.24) is 0 Å². The van der Waals surface area contributed by atoms with Crippen molar-refractivity contribution >= 4 is 19.8 Å². The molecule has 0 amide bonds. The topological polar surface area (TPSA) is 161 Å². The standard InChI is InChI=1S/C38H71O11P/c1-4-5-18-24-35-36(49-35)25-20-15-11-7-9-13-17-22-27-38(42)48-34(31-47-50(43,44)46-29-33(40)28-39)30-45-37(41)26-21-16-12-8-6-10-14-19-23-32(2)3/h15,20,32-36,39-40H,4-14,16-19,21-31H2,1-3H3,(H,43,44)/b20-15-/t33-,34+,35?,36?/m0/s1. The van der Waals surface area contributed by atoms with Gasteiger partial charge in [-0.05, 0) is 44.4 Å². The van der Waals surface area contributed by atoms with Crippen LogP contribution in [0.25, 0.3) is 0 Å². The number of aliphatic hydroxyl groups is 2. The van der Waals surface area contributed by atoms with E-state index in [1.54, 1.807) is 0 Å². The second kappa shape index (κ2) is 30.2. The minimum absolute atomic E-state index is 0.166. The minimum atomic E-state index is -4.62. The second-order valence-electron chi connectivity index (χ2n) is 14.2. The number of allylic oxidation sites excluding steroid dienone is 1. The number of carbonyl (C=O) groups excluding carboxylic acids is 2. The normalized spacial score (nSPS) is 18.3. The molecule has 5 atom stereocenters. The van der Waals surface area contributed by atoms with Crippen LogP contribution in [0.15, 0.2) is 12.2 Å². The average molecular weight is 735 g/mol. The molecule has 1 saturated heterocycles. The molecule has 0 aromatic carbocycles. The number of phosphoric acid groups is 1. The van der Waals surface area contributed by atoms with Gasteiger partial charge in [0.15, 0.2) is 6.10 Å². The SMILES string of the molecule is CCCCCC1OC1C/C=C\CCCCCCCC(=O)O[C@H](COC(=O)CCCCCCCCCCC(C)C)COP(=O)(O)OC[C@@H](O)CO. The molecule has 12 heteroatoms. The van der Waals surface area contributed by atoms with E-state index in [1.807, 2.05) is 0 Å². The Morgan fingerprint density at radius 1 is 0.760 bits per heavy atom. The fourth-order valence-electron chi connectivity index (χ4n) is 5.60. The van der Waals surface area contributed by atoms with Gasteiger partial charge in [0.05, 0.1) is 32.0 Å². The van der Waals surface area contributed by atoms with Gasteiger partial charge in [-0.25, -0.2) is 4.57 Å². The van der Waals surface area contributed by atoms with E-state index in [2.05, 4.69) is 37.4 Å². The highest BCUT2D eigenvalue weighted by Crippen LogP contribution is 2.43. The highest BCUT2D eigenvalue weighted by Gasteiger charge is 2.36. The van der Waals surface area contributed by atoms with E-state index in [0.717, 1.165) is 63.7 Å². The molecule has 0 radical (unpaired) electrons. The van der Waals surface area contributed by atoms with Crippen molar-refractivity contribution in [1.29, 1.82) is 0 Å². The number of rotatable bonds is 35. The molecule has 3 unspecified atom stereocenters. The molecule has 294 valence electrons. The number of epoxide rings is 1. The predicted molar refractivity (Wildman–Crippen MR) is 196 cm³/mol. The Kier molecular flexibility index (Phi) is 28.2. The maximum absolute atomic E-state index is 12.6. The molecule has 3 N–H and O–H groups in total. The largest absolute Gasteiger partial charge is 0.472 e. The van der Waals surface area contributed by atoms with Crippen LogP contribution < -0.4 is 0 Å². The van der Waals surface area contributed by atoms with Crippen molar-refractivity contribution in [3.63, 3.8) is 0 Å². The van der Waals surface area contributed by atoms with E-state index < -0.39 is 51.8 Å². The number of esters is 2. The lowest BCUT2D eigenvalue weighted by Crippen LogP contribution is -2.29. The number of phosphoric ester groups is 1. The summed E-state index contributed by atoms with van der Waals surface area (Å²) in [4.78, 5) is 34.8. The fraction of sp³-hybridized carbons (Fsp3) is 0.895.